The van der Waals surface area contributed by atoms with E-state index in [4.69, 9.17) is 14.8 Å². The molecule has 1 amide bonds. The normalized spacial score (nSPS) is 14.3. The predicted molar refractivity (Wildman–Crippen MR) is 226 cm³/mol. The van der Waals surface area contributed by atoms with E-state index in [1.807, 2.05) is 6.08 Å². The molecule has 0 saturated heterocycles. The Kier molecular flexibility index (Phi) is 39.9. The molecule has 8 nitrogen and oxygen atoms in total. The molecule has 0 aliphatic carbocycles. The van der Waals surface area contributed by atoms with Crippen molar-refractivity contribution in [3.63, 3.8) is 0 Å². The molecule has 9 heteroatoms. The van der Waals surface area contributed by atoms with Crippen molar-refractivity contribution in [1.29, 1.82) is 0 Å². The third-order valence-electron chi connectivity index (χ3n) is 10.0. The molecule has 53 heavy (non-hydrogen) atoms. The summed E-state index contributed by atoms with van der Waals surface area (Å²) >= 11 is 0. The van der Waals surface area contributed by atoms with Crippen molar-refractivity contribution in [3.8, 4) is 0 Å². The van der Waals surface area contributed by atoms with E-state index in [0.29, 0.717) is 6.42 Å². The quantitative estimate of drug-likeness (QED) is 0.0276. The second-order valence-corrected chi connectivity index (χ2v) is 16.7. The lowest BCUT2D eigenvalue weighted by Crippen LogP contribution is -2.45. The summed E-state index contributed by atoms with van der Waals surface area (Å²) in [6.45, 7) is 4.13. The van der Waals surface area contributed by atoms with Crippen molar-refractivity contribution in [2.45, 2.75) is 231 Å². The number of nitrogens with one attached hydrogen (secondary N) is 1. The van der Waals surface area contributed by atoms with Crippen molar-refractivity contribution in [2.75, 3.05) is 19.8 Å². The lowest BCUT2D eigenvalue weighted by atomic mass is 10.0. The minimum absolute atomic E-state index is 0.0781. The van der Waals surface area contributed by atoms with Gasteiger partial charge in [-0.05, 0) is 44.9 Å². The van der Waals surface area contributed by atoms with Gasteiger partial charge in [-0.1, -0.05) is 192 Å². The van der Waals surface area contributed by atoms with Gasteiger partial charge >= 0.3 is 7.82 Å². The second-order valence-electron chi connectivity index (χ2n) is 15.3. The summed E-state index contributed by atoms with van der Waals surface area (Å²) in [6, 6.07) is -0.862. The van der Waals surface area contributed by atoms with Crippen LogP contribution in [0.3, 0.4) is 0 Å². The van der Waals surface area contributed by atoms with E-state index in [9.17, 15) is 19.4 Å². The zero-order valence-electron chi connectivity index (χ0n) is 34.8. The summed E-state index contributed by atoms with van der Waals surface area (Å²) in [6.07, 6.45) is 46.6. The van der Waals surface area contributed by atoms with Gasteiger partial charge in [0.1, 0.15) is 0 Å². The highest BCUT2D eigenvalue weighted by Crippen LogP contribution is 2.43. The first-order valence-corrected chi connectivity index (χ1v) is 24.0. The molecule has 3 atom stereocenters. The van der Waals surface area contributed by atoms with Crippen LogP contribution in [-0.4, -0.2) is 47.8 Å². The number of aliphatic hydroxyl groups excluding tert-OH is 1. The Balaban J connectivity index is 4.16. The molecule has 0 fully saturated rings. The Bertz CT molecular complexity index is 886. The highest BCUT2D eigenvalue weighted by molar-refractivity contribution is 7.47. The summed E-state index contributed by atoms with van der Waals surface area (Å²) in [5, 5.41) is 13.7. The van der Waals surface area contributed by atoms with Gasteiger partial charge in [0.2, 0.25) is 5.91 Å². The molecule has 3 unspecified atom stereocenters. The molecule has 0 aromatic heterocycles. The van der Waals surface area contributed by atoms with Gasteiger partial charge in [-0.2, -0.15) is 0 Å². The number of unbranched alkanes of at least 4 members (excludes halogenated alkanes) is 28. The van der Waals surface area contributed by atoms with E-state index >= 15 is 0 Å². The SMILES string of the molecule is CCCCCC/C=C\CCCCCCCC(=O)NC(COP(=O)(O)OCCN)C(O)/C=C/CCCCCCCCCCCCCCCCCCCCC. The van der Waals surface area contributed by atoms with Crippen LogP contribution in [-0.2, 0) is 18.4 Å². The predicted octanol–water partition coefficient (Wildman–Crippen LogP) is 12.6. The number of phosphoric acid groups is 1. The van der Waals surface area contributed by atoms with Gasteiger partial charge < -0.3 is 21.1 Å². The van der Waals surface area contributed by atoms with Gasteiger partial charge in [-0.3, -0.25) is 13.8 Å². The summed E-state index contributed by atoms with van der Waals surface area (Å²) in [5.74, 6) is -0.202. The van der Waals surface area contributed by atoms with E-state index in [0.717, 1.165) is 51.4 Å². The smallest absolute Gasteiger partial charge is 0.387 e. The van der Waals surface area contributed by atoms with E-state index in [2.05, 4.69) is 31.3 Å². The third kappa shape index (κ3) is 39.0. The summed E-state index contributed by atoms with van der Waals surface area (Å²) in [4.78, 5) is 22.7. The molecule has 5 N–H and O–H groups in total. The van der Waals surface area contributed by atoms with Crippen LogP contribution in [0.5, 0.6) is 0 Å². The first-order chi connectivity index (χ1) is 25.9. The Morgan fingerprint density at radius 3 is 1.42 bits per heavy atom. The van der Waals surface area contributed by atoms with Gasteiger partial charge in [-0.25, -0.2) is 4.57 Å². The molecule has 0 aliphatic heterocycles. The van der Waals surface area contributed by atoms with Crippen LogP contribution in [0, 0.1) is 0 Å². The van der Waals surface area contributed by atoms with Crippen molar-refractivity contribution >= 4 is 13.7 Å². The number of carbonyl (C=O) groups excluding carboxylic acids is 1. The van der Waals surface area contributed by atoms with Gasteiger partial charge in [0.05, 0.1) is 25.4 Å². The number of aliphatic hydroxyl groups is 1. The fourth-order valence-electron chi connectivity index (χ4n) is 6.60. The van der Waals surface area contributed by atoms with E-state index < -0.39 is 20.0 Å². The highest BCUT2D eigenvalue weighted by Gasteiger charge is 2.26. The minimum Gasteiger partial charge on any atom is -0.387 e. The van der Waals surface area contributed by atoms with Crippen LogP contribution in [0.4, 0.5) is 0 Å². The molecule has 0 heterocycles. The van der Waals surface area contributed by atoms with Crippen molar-refractivity contribution in [3.05, 3.63) is 24.3 Å². The highest BCUT2D eigenvalue weighted by atomic mass is 31.2. The summed E-state index contributed by atoms with van der Waals surface area (Å²) in [7, 11) is -4.34. The molecule has 0 spiro atoms. The lowest BCUT2D eigenvalue weighted by molar-refractivity contribution is -0.123. The number of hydrogen-bond donors (Lipinski definition) is 4. The number of phosphoric ester groups is 1. The Labute approximate surface area is 327 Å². The first-order valence-electron chi connectivity index (χ1n) is 22.5. The van der Waals surface area contributed by atoms with Crippen LogP contribution in [0.25, 0.3) is 0 Å². The number of carbonyl (C=O) groups is 1. The van der Waals surface area contributed by atoms with Crippen LogP contribution in [0.15, 0.2) is 24.3 Å². The molecule has 0 saturated carbocycles. The van der Waals surface area contributed by atoms with Gasteiger partial charge in [0.15, 0.2) is 0 Å². The average Bonchev–Trinajstić information content (AvgIpc) is 3.14. The third-order valence-corrected chi connectivity index (χ3v) is 11.0. The van der Waals surface area contributed by atoms with Crippen LogP contribution < -0.4 is 11.1 Å². The van der Waals surface area contributed by atoms with Gasteiger partial charge in [0.25, 0.3) is 0 Å². The van der Waals surface area contributed by atoms with E-state index in [-0.39, 0.29) is 25.7 Å². The minimum atomic E-state index is -4.34. The first kappa shape index (κ1) is 52.0. The fraction of sp³-hybridized carbons (Fsp3) is 0.886. The Morgan fingerprint density at radius 1 is 0.604 bits per heavy atom. The van der Waals surface area contributed by atoms with Crippen LogP contribution in [0.2, 0.25) is 0 Å². The molecule has 0 aliphatic rings. The standard InChI is InChI=1S/C44H87N2O6P/c1-3-5-7-9-11-13-15-17-18-19-20-21-22-23-24-26-27-29-31-33-35-37-43(47)42(41-52-53(49,50)51-40-39-45)46-44(48)38-36-34-32-30-28-25-16-14-12-10-8-6-4-2/h14,16,35,37,42-43,47H,3-13,15,17-34,36,38-41,45H2,1-2H3,(H,46,48)(H,49,50)/b16-14-,37-35+. The van der Waals surface area contributed by atoms with E-state index in [1.165, 1.54) is 148 Å². The summed E-state index contributed by atoms with van der Waals surface area (Å²) < 4.78 is 22.1. The molecular weight excluding hydrogens is 683 g/mol. The second kappa shape index (κ2) is 40.6. The number of allylic oxidation sites excluding steroid dienone is 3. The zero-order valence-corrected chi connectivity index (χ0v) is 35.7. The van der Waals surface area contributed by atoms with Gasteiger partial charge in [-0.15, -0.1) is 0 Å². The monoisotopic (exact) mass is 771 g/mol. The molecular formula is C44H87N2O6P. The topological polar surface area (TPSA) is 131 Å². The summed E-state index contributed by atoms with van der Waals surface area (Å²) in [5.41, 5.74) is 5.37. The molecule has 314 valence electrons. The average molecular weight is 771 g/mol. The maximum absolute atomic E-state index is 12.7. The number of hydrogen-bond acceptors (Lipinski definition) is 6. The molecule has 0 aromatic rings. The molecule has 0 radical (unpaired) electrons. The Morgan fingerprint density at radius 2 is 0.981 bits per heavy atom. The zero-order chi connectivity index (χ0) is 38.9. The van der Waals surface area contributed by atoms with Gasteiger partial charge in [0, 0.05) is 13.0 Å². The van der Waals surface area contributed by atoms with Crippen LogP contribution >= 0.6 is 7.82 Å². The number of amides is 1. The van der Waals surface area contributed by atoms with Crippen molar-refractivity contribution in [1.82, 2.24) is 5.32 Å². The number of nitrogens with two attached hydrogens (primary N) is 1. The molecule has 0 bridgehead atoms. The fourth-order valence-corrected chi connectivity index (χ4v) is 7.36. The Hall–Kier alpha value is -1.02. The van der Waals surface area contributed by atoms with Crippen LogP contribution in [0.1, 0.15) is 219 Å². The van der Waals surface area contributed by atoms with E-state index in [1.54, 1.807) is 6.08 Å². The number of rotatable bonds is 42. The maximum atomic E-state index is 12.7. The molecule has 0 rings (SSSR count). The van der Waals surface area contributed by atoms with Crippen molar-refractivity contribution < 1.29 is 28.4 Å². The largest absolute Gasteiger partial charge is 0.472 e. The van der Waals surface area contributed by atoms with Crippen molar-refractivity contribution in [2.24, 2.45) is 5.73 Å². The molecule has 0 aromatic carbocycles. The maximum Gasteiger partial charge on any atom is 0.472 e. The lowest BCUT2D eigenvalue weighted by Gasteiger charge is -2.23.